The molecule has 0 bridgehead atoms. The maximum absolute atomic E-state index is 13.0. The predicted octanol–water partition coefficient (Wildman–Crippen LogP) is 4.55. The molecule has 0 aliphatic carbocycles. The molecule has 29 heavy (non-hydrogen) atoms. The second-order valence-corrected chi connectivity index (χ2v) is 9.09. The highest BCUT2D eigenvalue weighted by Crippen LogP contribution is 2.33. The second kappa shape index (κ2) is 8.80. The van der Waals surface area contributed by atoms with Gasteiger partial charge in [-0.15, -0.1) is 11.3 Å². The molecule has 0 aliphatic rings. The summed E-state index contributed by atoms with van der Waals surface area (Å²) < 4.78 is 0. The average molecular weight is 426 g/mol. The third-order valence-electron chi connectivity index (χ3n) is 4.63. The first-order valence-electron chi connectivity index (χ1n) is 9.21. The van der Waals surface area contributed by atoms with E-state index in [4.69, 9.17) is 11.0 Å². The molecule has 6 nitrogen and oxygen atoms in total. The topological polar surface area (TPSA) is 95.9 Å². The Hall–Kier alpha value is -2.63. The first kappa shape index (κ1) is 21.1. The Bertz CT molecular complexity index is 1100. The molecule has 2 heterocycles. The maximum atomic E-state index is 13.0. The molecule has 3 aromatic rings. The third-order valence-corrected chi connectivity index (χ3v) is 6.56. The molecule has 0 unspecified atom stereocenters. The van der Waals surface area contributed by atoms with Gasteiger partial charge in [0, 0.05) is 17.1 Å². The molecule has 3 rings (SSSR count). The molecule has 2 aromatic heterocycles. The van der Waals surface area contributed by atoms with Crippen LogP contribution in [-0.2, 0) is 4.79 Å². The van der Waals surface area contributed by atoms with Crippen molar-refractivity contribution in [2.75, 3.05) is 22.9 Å². The summed E-state index contributed by atoms with van der Waals surface area (Å²) in [6.45, 7) is 8.39. The monoisotopic (exact) mass is 425 g/mol. The average Bonchev–Trinajstić information content (AvgIpc) is 2.94. The maximum Gasteiger partial charge on any atom is 0.237 e. The molecular formula is C21H23N5OS2. The van der Waals surface area contributed by atoms with Gasteiger partial charge in [-0.05, 0) is 56.5 Å². The highest BCUT2D eigenvalue weighted by atomic mass is 32.2. The standard InChI is InChI=1S/C21H23N5OS2/c1-12-8-13(2)10-16(9-12)26(7-5-6-22)17(27)11-28-21-24-19(23)18-14(3)15(4)29-20(18)25-21/h8-10H,5,7,11H2,1-4H3,(H2,23,24,25). The summed E-state index contributed by atoms with van der Waals surface area (Å²) in [5, 5.41) is 10.4. The summed E-state index contributed by atoms with van der Waals surface area (Å²) >= 11 is 2.85. The number of nitrogens with zero attached hydrogens (tertiary/aromatic N) is 4. The minimum atomic E-state index is -0.0870. The number of nitriles is 1. The molecule has 150 valence electrons. The van der Waals surface area contributed by atoms with Gasteiger partial charge in [0.25, 0.3) is 0 Å². The van der Waals surface area contributed by atoms with Crippen molar-refractivity contribution in [3.05, 3.63) is 39.8 Å². The van der Waals surface area contributed by atoms with Crippen molar-refractivity contribution in [2.24, 2.45) is 0 Å². The zero-order chi connectivity index (χ0) is 21.1. The van der Waals surface area contributed by atoms with Gasteiger partial charge in [0.05, 0.1) is 23.6 Å². The van der Waals surface area contributed by atoms with Gasteiger partial charge >= 0.3 is 0 Å². The van der Waals surface area contributed by atoms with Gasteiger partial charge in [-0.1, -0.05) is 17.8 Å². The Morgan fingerprint density at radius 2 is 1.90 bits per heavy atom. The van der Waals surface area contributed by atoms with Gasteiger partial charge in [0.2, 0.25) is 5.91 Å². The number of benzene rings is 1. The van der Waals surface area contributed by atoms with Crippen LogP contribution in [0, 0.1) is 39.0 Å². The van der Waals surface area contributed by atoms with Gasteiger partial charge < -0.3 is 10.6 Å². The highest BCUT2D eigenvalue weighted by molar-refractivity contribution is 7.99. The SMILES string of the molecule is Cc1cc(C)cc(N(CCC#N)C(=O)CSc2nc(N)c3c(C)c(C)sc3n2)c1. The number of nitrogens with two attached hydrogens (primary N) is 1. The molecule has 0 atom stereocenters. The van der Waals surface area contributed by atoms with E-state index in [-0.39, 0.29) is 18.1 Å². The van der Waals surface area contributed by atoms with Crippen molar-refractivity contribution < 1.29 is 4.79 Å². The number of anilines is 2. The van der Waals surface area contributed by atoms with Crippen molar-refractivity contribution >= 4 is 50.7 Å². The number of rotatable bonds is 6. The van der Waals surface area contributed by atoms with Gasteiger partial charge in [-0.25, -0.2) is 9.97 Å². The summed E-state index contributed by atoms with van der Waals surface area (Å²) in [6.07, 6.45) is 0.270. The molecule has 0 spiro atoms. The fourth-order valence-electron chi connectivity index (χ4n) is 3.20. The van der Waals surface area contributed by atoms with E-state index < -0.39 is 0 Å². The summed E-state index contributed by atoms with van der Waals surface area (Å²) in [5.74, 6) is 0.533. The van der Waals surface area contributed by atoms with E-state index in [0.29, 0.717) is 17.5 Å². The molecule has 0 saturated carbocycles. The van der Waals surface area contributed by atoms with Gasteiger partial charge in [0.1, 0.15) is 10.6 Å². The van der Waals surface area contributed by atoms with Crippen LogP contribution >= 0.6 is 23.1 Å². The molecular weight excluding hydrogens is 402 g/mol. The Morgan fingerprint density at radius 1 is 1.21 bits per heavy atom. The van der Waals surface area contributed by atoms with E-state index in [1.807, 2.05) is 39.8 Å². The number of hydrogen-bond donors (Lipinski definition) is 1. The van der Waals surface area contributed by atoms with Crippen molar-refractivity contribution in [2.45, 2.75) is 39.3 Å². The second-order valence-electron chi connectivity index (χ2n) is 6.94. The van der Waals surface area contributed by atoms with E-state index in [2.05, 4.69) is 22.1 Å². The number of thioether (sulfide) groups is 1. The number of aromatic nitrogens is 2. The first-order valence-corrected chi connectivity index (χ1v) is 11.0. The number of carbonyl (C=O) groups is 1. The van der Waals surface area contributed by atoms with Crippen LogP contribution in [0.15, 0.2) is 23.4 Å². The molecule has 1 aromatic carbocycles. The van der Waals surface area contributed by atoms with Crippen molar-refractivity contribution in [3.8, 4) is 6.07 Å². The summed E-state index contributed by atoms with van der Waals surface area (Å²) in [4.78, 5) is 25.6. The fourth-order valence-corrected chi connectivity index (χ4v) is 5.02. The van der Waals surface area contributed by atoms with Crippen molar-refractivity contribution in [1.29, 1.82) is 5.26 Å². The molecule has 0 radical (unpaired) electrons. The summed E-state index contributed by atoms with van der Waals surface area (Å²) in [5.41, 5.74) is 10.2. The number of fused-ring (bicyclic) bond motifs is 1. The minimum absolute atomic E-state index is 0.0870. The lowest BCUT2D eigenvalue weighted by molar-refractivity contribution is -0.116. The molecule has 8 heteroatoms. The summed E-state index contributed by atoms with van der Waals surface area (Å²) in [6, 6.07) is 8.10. The van der Waals surface area contributed by atoms with E-state index >= 15 is 0 Å². The van der Waals surface area contributed by atoms with Crippen molar-refractivity contribution in [3.63, 3.8) is 0 Å². The number of aryl methyl sites for hydroxylation is 4. The number of hydrogen-bond acceptors (Lipinski definition) is 7. The molecule has 0 fully saturated rings. The highest BCUT2D eigenvalue weighted by Gasteiger charge is 2.18. The molecule has 0 saturated heterocycles. The van der Waals surface area contributed by atoms with Crippen molar-refractivity contribution in [1.82, 2.24) is 9.97 Å². The number of carbonyl (C=O) groups excluding carboxylic acids is 1. The van der Waals surface area contributed by atoms with Crippen LogP contribution in [-0.4, -0.2) is 28.2 Å². The quantitative estimate of drug-likeness (QED) is 0.460. The molecule has 2 N–H and O–H groups in total. The fraction of sp³-hybridized carbons (Fsp3) is 0.333. The van der Waals surface area contributed by atoms with Crippen LogP contribution in [0.3, 0.4) is 0 Å². The summed E-state index contributed by atoms with van der Waals surface area (Å²) in [7, 11) is 0. The minimum Gasteiger partial charge on any atom is -0.383 e. The lowest BCUT2D eigenvalue weighted by atomic mass is 10.1. The first-order chi connectivity index (χ1) is 13.8. The predicted molar refractivity (Wildman–Crippen MR) is 121 cm³/mol. The Balaban J connectivity index is 1.81. The van der Waals surface area contributed by atoms with E-state index in [1.165, 1.54) is 11.8 Å². The molecule has 1 amide bonds. The van der Waals surface area contributed by atoms with E-state index in [0.717, 1.165) is 37.5 Å². The lowest BCUT2D eigenvalue weighted by Crippen LogP contribution is -2.33. The van der Waals surface area contributed by atoms with Crippen LogP contribution < -0.4 is 10.6 Å². The van der Waals surface area contributed by atoms with Gasteiger partial charge in [0.15, 0.2) is 5.16 Å². The largest absolute Gasteiger partial charge is 0.383 e. The van der Waals surface area contributed by atoms with Gasteiger partial charge in [-0.2, -0.15) is 5.26 Å². The normalized spacial score (nSPS) is 10.9. The van der Waals surface area contributed by atoms with Crippen LogP contribution in [0.1, 0.15) is 28.0 Å². The smallest absolute Gasteiger partial charge is 0.237 e. The van der Waals surface area contributed by atoms with Crippen LogP contribution in [0.25, 0.3) is 10.2 Å². The zero-order valence-corrected chi connectivity index (χ0v) is 18.6. The zero-order valence-electron chi connectivity index (χ0n) is 16.9. The van der Waals surface area contributed by atoms with E-state index in [9.17, 15) is 4.79 Å². The van der Waals surface area contributed by atoms with Crippen LogP contribution in [0.2, 0.25) is 0 Å². The van der Waals surface area contributed by atoms with E-state index in [1.54, 1.807) is 16.2 Å². The van der Waals surface area contributed by atoms with Gasteiger partial charge in [-0.3, -0.25) is 4.79 Å². The number of thiophene rings is 1. The third kappa shape index (κ3) is 4.69. The number of nitrogen functional groups attached to an aromatic ring is 1. The van der Waals surface area contributed by atoms with Crippen LogP contribution in [0.5, 0.6) is 0 Å². The Morgan fingerprint density at radius 3 is 2.55 bits per heavy atom. The lowest BCUT2D eigenvalue weighted by Gasteiger charge is -2.22. The Labute approximate surface area is 178 Å². The molecule has 0 aliphatic heterocycles. The number of amides is 1. The van der Waals surface area contributed by atoms with Crippen LogP contribution in [0.4, 0.5) is 11.5 Å². The Kier molecular flexibility index (Phi) is 6.40.